The zero-order valence-electron chi connectivity index (χ0n) is 15.8. The van der Waals surface area contributed by atoms with Gasteiger partial charge in [0.15, 0.2) is 5.75 Å². The van der Waals surface area contributed by atoms with Crippen molar-refractivity contribution < 1.29 is 31.0 Å². The SMILES string of the molecule is Nc1cc(S(=O)(=O)[O-])cc2cc(S(=O)(=O)[O-])c(N=Nc3ccccc3)c(O)c12.[CH3+].[CH3+]. The molecular formula is C18H17N3O7S2. The highest BCUT2D eigenvalue weighted by Gasteiger charge is 2.20. The van der Waals surface area contributed by atoms with Crippen molar-refractivity contribution in [2.24, 2.45) is 10.2 Å². The largest absolute Gasteiger partial charge is 0.744 e. The van der Waals surface area contributed by atoms with E-state index in [0.29, 0.717) is 5.69 Å². The molecule has 0 unspecified atom stereocenters. The minimum atomic E-state index is -5.15. The van der Waals surface area contributed by atoms with Crippen LogP contribution in [0, 0.1) is 14.9 Å². The van der Waals surface area contributed by atoms with Crippen LogP contribution in [0.25, 0.3) is 10.8 Å². The fourth-order valence-corrected chi connectivity index (χ4v) is 3.71. The summed E-state index contributed by atoms with van der Waals surface area (Å²) in [6.45, 7) is 0. The second kappa shape index (κ2) is 8.59. The highest BCUT2D eigenvalue weighted by molar-refractivity contribution is 7.86. The second-order valence-electron chi connectivity index (χ2n) is 5.63. The van der Waals surface area contributed by atoms with E-state index in [1.807, 2.05) is 0 Å². The third-order valence-corrected chi connectivity index (χ3v) is 5.40. The third-order valence-electron chi connectivity index (χ3n) is 3.73. The number of hydrogen-bond acceptors (Lipinski definition) is 10. The number of fused-ring (bicyclic) bond motifs is 1. The molecule has 0 aromatic heterocycles. The molecule has 0 amide bonds. The van der Waals surface area contributed by atoms with E-state index in [1.54, 1.807) is 30.3 Å². The summed E-state index contributed by atoms with van der Waals surface area (Å²) >= 11 is 0. The lowest BCUT2D eigenvalue weighted by atomic mass is 10.1. The van der Waals surface area contributed by atoms with Gasteiger partial charge in [0.25, 0.3) is 0 Å². The molecule has 158 valence electrons. The van der Waals surface area contributed by atoms with E-state index >= 15 is 0 Å². The number of nitrogens with zero attached hydrogens (tertiary/aromatic N) is 2. The molecule has 3 N–H and O–H groups in total. The molecule has 0 saturated heterocycles. The van der Waals surface area contributed by atoms with Crippen LogP contribution in [0.4, 0.5) is 17.1 Å². The predicted molar refractivity (Wildman–Crippen MR) is 109 cm³/mol. The lowest BCUT2D eigenvalue weighted by molar-refractivity contribution is 0.458. The molecule has 0 aliphatic carbocycles. The molecule has 10 nitrogen and oxygen atoms in total. The van der Waals surface area contributed by atoms with Gasteiger partial charge in [-0.2, -0.15) is 5.11 Å². The van der Waals surface area contributed by atoms with Crippen molar-refractivity contribution >= 4 is 48.1 Å². The topological polar surface area (TPSA) is 185 Å². The molecule has 0 radical (unpaired) electrons. The number of rotatable bonds is 4. The maximum absolute atomic E-state index is 11.6. The van der Waals surface area contributed by atoms with Crippen molar-refractivity contribution in [2.45, 2.75) is 9.79 Å². The second-order valence-corrected chi connectivity index (χ2v) is 8.35. The third kappa shape index (κ3) is 4.80. The van der Waals surface area contributed by atoms with Crippen molar-refractivity contribution in [3.05, 3.63) is 63.4 Å². The molecule has 12 heteroatoms. The molecular weight excluding hydrogens is 434 g/mol. The molecule has 0 aliphatic heterocycles. The Morgan fingerprint density at radius 2 is 1.47 bits per heavy atom. The summed E-state index contributed by atoms with van der Waals surface area (Å²) in [6.07, 6.45) is 0. The first-order chi connectivity index (χ1) is 13.0. The Balaban J connectivity index is 0.00000225. The molecule has 0 spiro atoms. The Hall–Kier alpha value is -3.32. The summed E-state index contributed by atoms with van der Waals surface area (Å²) in [7, 11) is -10.1. The van der Waals surface area contributed by atoms with Crippen LogP contribution >= 0.6 is 0 Å². The number of phenols is 1. The van der Waals surface area contributed by atoms with Crippen molar-refractivity contribution in [2.75, 3.05) is 5.73 Å². The minimum absolute atomic E-state index is 0. The molecule has 0 bridgehead atoms. The van der Waals surface area contributed by atoms with Gasteiger partial charge in [-0.15, -0.1) is 5.11 Å². The molecule has 3 aromatic carbocycles. The molecule has 0 fully saturated rings. The van der Waals surface area contributed by atoms with Crippen LogP contribution in [0.2, 0.25) is 0 Å². The first-order valence-electron chi connectivity index (χ1n) is 7.46. The van der Waals surface area contributed by atoms with Gasteiger partial charge in [0.1, 0.15) is 25.9 Å². The monoisotopic (exact) mass is 451 g/mol. The summed E-state index contributed by atoms with van der Waals surface area (Å²) in [6, 6.07) is 10.5. The predicted octanol–water partition coefficient (Wildman–Crippen LogP) is 3.25. The summed E-state index contributed by atoms with van der Waals surface area (Å²) in [5.41, 5.74) is 5.06. The van der Waals surface area contributed by atoms with E-state index in [-0.39, 0.29) is 31.3 Å². The number of aromatic hydroxyl groups is 1. The fourth-order valence-electron chi connectivity index (χ4n) is 2.53. The number of benzene rings is 3. The van der Waals surface area contributed by atoms with Crippen LogP contribution in [0.5, 0.6) is 5.75 Å². The van der Waals surface area contributed by atoms with Gasteiger partial charge < -0.3 is 19.9 Å². The highest BCUT2D eigenvalue weighted by atomic mass is 32.2. The summed E-state index contributed by atoms with van der Waals surface area (Å²) in [5, 5.41) is 17.5. The molecule has 30 heavy (non-hydrogen) atoms. The normalized spacial score (nSPS) is 11.8. The summed E-state index contributed by atoms with van der Waals surface area (Å²) in [5.74, 6) is -0.793. The van der Waals surface area contributed by atoms with Crippen molar-refractivity contribution in [3.63, 3.8) is 0 Å². The van der Waals surface area contributed by atoms with Gasteiger partial charge in [-0.05, 0) is 35.7 Å². The van der Waals surface area contributed by atoms with Gasteiger partial charge in [0, 0.05) is 25.9 Å². The maximum atomic E-state index is 11.6. The van der Waals surface area contributed by atoms with Crippen molar-refractivity contribution in [3.8, 4) is 5.75 Å². The van der Waals surface area contributed by atoms with E-state index in [4.69, 9.17) is 5.73 Å². The van der Waals surface area contributed by atoms with Gasteiger partial charge in [-0.1, -0.05) is 18.2 Å². The maximum Gasteiger partial charge on any atom is 0.154 e. The molecule has 0 atom stereocenters. The van der Waals surface area contributed by atoms with Gasteiger partial charge in [0.05, 0.1) is 15.5 Å². The van der Waals surface area contributed by atoms with Crippen LogP contribution in [0.1, 0.15) is 0 Å². The van der Waals surface area contributed by atoms with Crippen LogP contribution in [0.15, 0.2) is 68.6 Å². The number of azo groups is 1. The number of nitrogens with two attached hydrogens (primary N) is 1. The average Bonchev–Trinajstić information content (AvgIpc) is 2.59. The molecule has 0 aliphatic rings. The van der Waals surface area contributed by atoms with Gasteiger partial charge >= 0.3 is 0 Å². The van der Waals surface area contributed by atoms with Gasteiger partial charge in [-0.3, -0.25) is 0 Å². The number of phenolic OH excluding ortho intramolecular Hbond substituents is 1. The molecule has 3 rings (SSSR count). The molecule has 0 heterocycles. The van der Waals surface area contributed by atoms with E-state index in [1.165, 1.54) is 0 Å². The van der Waals surface area contributed by atoms with Crippen molar-refractivity contribution in [1.29, 1.82) is 0 Å². The lowest BCUT2D eigenvalue weighted by Gasteiger charge is -2.16. The summed E-state index contributed by atoms with van der Waals surface area (Å²) in [4.78, 5) is -1.69. The van der Waals surface area contributed by atoms with Gasteiger partial charge in [0.2, 0.25) is 0 Å². The zero-order chi connectivity index (χ0) is 20.7. The quantitative estimate of drug-likeness (QED) is 0.262. The molecule has 3 aromatic rings. The molecule has 0 saturated carbocycles. The Kier molecular flexibility index (Phi) is 7.07. The first-order valence-corrected chi connectivity index (χ1v) is 10.3. The fraction of sp³-hybridized carbons (Fsp3) is 0. The highest BCUT2D eigenvalue weighted by Crippen LogP contribution is 2.44. The van der Waals surface area contributed by atoms with Crippen LogP contribution in [-0.2, 0) is 20.2 Å². The number of nitrogen functional groups attached to an aromatic ring is 1. The van der Waals surface area contributed by atoms with E-state index < -0.39 is 41.5 Å². The standard InChI is InChI=1S/C16H13N3O7S2.2CH3/c17-12-8-11(27(21,22)23)6-9-7-13(28(24,25)26)15(16(20)14(9)12)19-18-10-4-2-1-3-5-10;;/h1-8,20H,17H2,(H,21,22,23)(H,24,25,26);2*1H3/q;2*+1/p-2. The van der Waals surface area contributed by atoms with Gasteiger partial charge in [-0.25, -0.2) is 16.8 Å². The average molecular weight is 451 g/mol. The Bertz CT molecular complexity index is 1320. The van der Waals surface area contributed by atoms with Crippen LogP contribution < -0.4 is 5.73 Å². The Morgan fingerprint density at radius 1 is 0.867 bits per heavy atom. The van der Waals surface area contributed by atoms with E-state index in [0.717, 1.165) is 18.2 Å². The Morgan fingerprint density at radius 3 is 2.00 bits per heavy atom. The lowest BCUT2D eigenvalue weighted by Crippen LogP contribution is -2.03. The smallest absolute Gasteiger partial charge is 0.154 e. The Labute approximate surface area is 174 Å². The first kappa shape index (κ1) is 24.7. The zero-order valence-corrected chi connectivity index (χ0v) is 17.4. The van der Waals surface area contributed by atoms with E-state index in [9.17, 15) is 31.0 Å². The number of hydrogen-bond donors (Lipinski definition) is 2. The van der Waals surface area contributed by atoms with Crippen LogP contribution in [-0.4, -0.2) is 31.0 Å². The van der Waals surface area contributed by atoms with Crippen LogP contribution in [0.3, 0.4) is 0 Å². The van der Waals surface area contributed by atoms with Crippen molar-refractivity contribution in [1.82, 2.24) is 0 Å². The summed E-state index contributed by atoms with van der Waals surface area (Å²) < 4.78 is 68.6. The number of anilines is 1. The van der Waals surface area contributed by atoms with E-state index in [2.05, 4.69) is 10.2 Å². The minimum Gasteiger partial charge on any atom is -0.744 e.